The molecule has 0 spiro atoms. The second kappa shape index (κ2) is 6.11. The number of aromatic nitrogens is 3. The first-order chi connectivity index (χ1) is 10.6. The number of carbonyl (C=O) groups is 1. The SMILES string of the molecule is Cc1cc(C(=O)NCc2ccnc(-c3ccsc3)c2)n(C)n1. The first-order valence-electron chi connectivity index (χ1n) is 6.90. The zero-order valence-electron chi connectivity index (χ0n) is 12.4. The molecule has 0 aliphatic heterocycles. The largest absolute Gasteiger partial charge is 0.347 e. The van der Waals surface area contributed by atoms with Crippen molar-refractivity contribution in [2.45, 2.75) is 13.5 Å². The Morgan fingerprint density at radius 1 is 1.36 bits per heavy atom. The minimum Gasteiger partial charge on any atom is -0.347 e. The average molecular weight is 312 g/mol. The molecule has 0 atom stereocenters. The maximum Gasteiger partial charge on any atom is 0.269 e. The third kappa shape index (κ3) is 3.07. The summed E-state index contributed by atoms with van der Waals surface area (Å²) < 4.78 is 1.59. The molecule has 1 N–H and O–H groups in total. The van der Waals surface area contributed by atoms with Crippen LogP contribution in [0.5, 0.6) is 0 Å². The fourth-order valence-corrected chi connectivity index (χ4v) is 2.90. The summed E-state index contributed by atoms with van der Waals surface area (Å²) in [5.74, 6) is -0.128. The highest BCUT2D eigenvalue weighted by atomic mass is 32.1. The van der Waals surface area contributed by atoms with Gasteiger partial charge in [-0.05, 0) is 42.1 Å². The van der Waals surface area contributed by atoms with Crippen LogP contribution in [0.15, 0.2) is 41.2 Å². The Morgan fingerprint density at radius 2 is 2.23 bits per heavy atom. The van der Waals surface area contributed by atoms with Gasteiger partial charge in [0.2, 0.25) is 0 Å². The summed E-state index contributed by atoms with van der Waals surface area (Å²) in [7, 11) is 1.77. The van der Waals surface area contributed by atoms with Gasteiger partial charge in [0.25, 0.3) is 5.91 Å². The molecule has 112 valence electrons. The van der Waals surface area contributed by atoms with E-state index in [9.17, 15) is 4.79 Å². The lowest BCUT2D eigenvalue weighted by atomic mass is 10.1. The summed E-state index contributed by atoms with van der Waals surface area (Å²) in [5.41, 5.74) is 4.43. The number of rotatable bonds is 4. The summed E-state index contributed by atoms with van der Waals surface area (Å²) >= 11 is 1.64. The van der Waals surface area contributed by atoms with Gasteiger partial charge < -0.3 is 5.32 Å². The normalized spacial score (nSPS) is 10.6. The zero-order valence-corrected chi connectivity index (χ0v) is 13.2. The summed E-state index contributed by atoms with van der Waals surface area (Å²) in [6.07, 6.45) is 1.77. The van der Waals surface area contributed by atoms with E-state index >= 15 is 0 Å². The van der Waals surface area contributed by atoms with E-state index in [1.165, 1.54) is 0 Å². The van der Waals surface area contributed by atoms with Gasteiger partial charge in [0.1, 0.15) is 5.69 Å². The van der Waals surface area contributed by atoms with E-state index in [1.54, 1.807) is 35.3 Å². The van der Waals surface area contributed by atoms with E-state index in [1.807, 2.05) is 30.5 Å². The molecule has 3 rings (SSSR count). The smallest absolute Gasteiger partial charge is 0.269 e. The standard InChI is InChI=1S/C16H16N4OS/c1-11-7-15(20(2)19-11)16(21)18-9-12-3-5-17-14(8-12)13-4-6-22-10-13/h3-8,10H,9H2,1-2H3,(H,18,21). The number of hydrogen-bond donors (Lipinski definition) is 1. The summed E-state index contributed by atoms with van der Waals surface area (Å²) in [6.45, 7) is 2.33. The van der Waals surface area contributed by atoms with Crippen LogP contribution in [0.4, 0.5) is 0 Å². The Morgan fingerprint density at radius 3 is 2.91 bits per heavy atom. The maximum atomic E-state index is 12.2. The number of amides is 1. The number of pyridine rings is 1. The van der Waals surface area contributed by atoms with Crippen molar-refractivity contribution in [3.8, 4) is 11.3 Å². The van der Waals surface area contributed by atoms with Crippen LogP contribution in [-0.4, -0.2) is 20.7 Å². The van der Waals surface area contributed by atoms with Crippen molar-refractivity contribution in [1.82, 2.24) is 20.1 Å². The van der Waals surface area contributed by atoms with Crippen molar-refractivity contribution >= 4 is 17.2 Å². The molecule has 3 aromatic heterocycles. The van der Waals surface area contributed by atoms with E-state index in [-0.39, 0.29) is 5.91 Å². The van der Waals surface area contributed by atoms with Crippen LogP contribution < -0.4 is 5.32 Å². The molecule has 1 amide bonds. The molecule has 0 aliphatic carbocycles. The lowest BCUT2D eigenvalue weighted by Gasteiger charge is -2.06. The van der Waals surface area contributed by atoms with E-state index in [0.29, 0.717) is 12.2 Å². The predicted molar refractivity (Wildman–Crippen MR) is 86.7 cm³/mol. The van der Waals surface area contributed by atoms with Crippen LogP contribution in [0.1, 0.15) is 21.7 Å². The zero-order chi connectivity index (χ0) is 15.5. The summed E-state index contributed by atoms with van der Waals surface area (Å²) in [5, 5.41) is 11.2. The molecule has 6 heteroatoms. The highest BCUT2D eigenvalue weighted by Crippen LogP contribution is 2.20. The number of nitrogens with one attached hydrogen (secondary N) is 1. The Labute approximate surface area is 132 Å². The van der Waals surface area contributed by atoms with Crippen LogP contribution in [0.3, 0.4) is 0 Å². The molecule has 0 unspecified atom stereocenters. The summed E-state index contributed by atoms with van der Waals surface area (Å²) in [4.78, 5) is 16.5. The molecule has 0 radical (unpaired) electrons. The van der Waals surface area contributed by atoms with Gasteiger partial charge in [-0.1, -0.05) is 0 Å². The second-order valence-corrected chi connectivity index (χ2v) is 5.82. The average Bonchev–Trinajstić information content (AvgIpc) is 3.15. The Hall–Kier alpha value is -2.47. The van der Waals surface area contributed by atoms with Gasteiger partial charge in [0.15, 0.2) is 0 Å². The van der Waals surface area contributed by atoms with Crippen molar-refractivity contribution < 1.29 is 4.79 Å². The molecular formula is C16H16N4OS. The van der Waals surface area contributed by atoms with Gasteiger partial charge in [-0.2, -0.15) is 16.4 Å². The molecule has 0 aliphatic rings. The van der Waals surface area contributed by atoms with Gasteiger partial charge in [-0.25, -0.2) is 0 Å². The third-order valence-electron chi connectivity index (χ3n) is 3.33. The van der Waals surface area contributed by atoms with Crippen molar-refractivity contribution in [3.05, 3.63) is 58.2 Å². The van der Waals surface area contributed by atoms with Crippen LogP contribution in [0.2, 0.25) is 0 Å². The monoisotopic (exact) mass is 312 g/mol. The second-order valence-electron chi connectivity index (χ2n) is 5.04. The van der Waals surface area contributed by atoms with E-state index in [2.05, 4.69) is 20.8 Å². The van der Waals surface area contributed by atoms with Crippen molar-refractivity contribution in [1.29, 1.82) is 0 Å². The van der Waals surface area contributed by atoms with Crippen LogP contribution in [0, 0.1) is 6.92 Å². The van der Waals surface area contributed by atoms with Crippen molar-refractivity contribution in [3.63, 3.8) is 0 Å². The minimum atomic E-state index is -0.128. The molecule has 5 nitrogen and oxygen atoms in total. The molecule has 0 fully saturated rings. The Balaban J connectivity index is 1.70. The Kier molecular flexibility index (Phi) is 4.02. The molecular weight excluding hydrogens is 296 g/mol. The first-order valence-corrected chi connectivity index (χ1v) is 7.84. The van der Waals surface area contributed by atoms with Crippen LogP contribution in [0.25, 0.3) is 11.3 Å². The predicted octanol–water partition coefficient (Wildman–Crippen LogP) is 2.78. The fraction of sp³-hybridized carbons (Fsp3) is 0.188. The minimum absolute atomic E-state index is 0.128. The Bertz CT molecular complexity index is 792. The van der Waals surface area contributed by atoms with Gasteiger partial charge in [0, 0.05) is 30.7 Å². The molecule has 0 saturated heterocycles. The van der Waals surface area contributed by atoms with Crippen LogP contribution in [-0.2, 0) is 13.6 Å². The van der Waals surface area contributed by atoms with Gasteiger partial charge in [-0.15, -0.1) is 0 Å². The molecule has 0 saturated carbocycles. The van der Waals surface area contributed by atoms with Crippen molar-refractivity contribution in [2.24, 2.45) is 7.05 Å². The topological polar surface area (TPSA) is 59.8 Å². The molecule has 22 heavy (non-hydrogen) atoms. The number of carbonyl (C=O) groups excluding carboxylic acids is 1. The number of nitrogens with zero attached hydrogens (tertiary/aromatic N) is 3. The third-order valence-corrected chi connectivity index (χ3v) is 4.01. The van der Waals surface area contributed by atoms with E-state index in [4.69, 9.17) is 0 Å². The van der Waals surface area contributed by atoms with Crippen LogP contribution >= 0.6 is 11.3 Å². The van der Waals surface area contributed by atoms with E-state index in [0.717, 1.165) is 22.5 Å². The fourth-order valence-electron chi connectivity index (χ4n) is 2.25. The number of hydrogen-bond acceptors (Lipinski definition) is 4. The lowest BCUT2D eigenvalue weighted by Crippen LogP contribution is -2.25. The summed E-state index contributed by atoms with van der Waals surface area (Å²) in [6, 6.07) is 7.72. The lowest BCUT2D eigenvalue weighted by molar-refractivity contribution is 0.0941. The van der Waals surface area contributed by atoms with Gasteiger partial charge in [0.05, 0.1) is 11.4 Å². The van der Waals surface area contributed by atoms with Gasteiger partial charge in [-0.3, -0.25) is 14.5 Å². The highest BCUT2D eigenvalue weighted by molar-refractivity contribution is 7.08. The number of thiophene rings is 1. The first kappa shape index (κ1) is 14.5. The molecule has 0 aromatic carbocycles. The van der Waals surface area contributed by atoms with Crippen molar-refractivity contribution in [2.75, 3.05) is 0 Å². The van der Waals surface area contributed by atoms with E-state index < -0.39 is 0 Å². The maximum absolute atomic E-state index is 12.2. The molecule has 3 aromatic rings. The number of aryl methyl sites for hydroxylation is 2. The quantitative estimate of drug-likeness (QED) is 0.806. The van der Waals surface area contributed by atoms with Gasteiger partial charge >= 0.3 is 0 Å². The molecule has 0 bridgehead atoms. The highest BCUT2D eigenvalue weighted by Gasteiger charge is 2.11. The molecule has 3 heterocycles.